The number of nitrogens with one attached hydrogen (secondary N) is 1. The van der Waals surface area contributed by atoms with Crippen LogP contribution in [-0.2, 0) is 32.6 Å². The zero-order valence-corrected chi connectivity index (χ0v) is 19.3. The maximum atomic E-state index is 13.2. The van der Waals surface area contributed by atoms with Gasteiger partial charge in [0.15, 0.2) is 5.84 Å². The Morgan fingerprint density at radius 3 is 2.58 bits per heavy atom. The molecule has 8 nitrogen and oxygen atoms in total. The van der Waals surface area contributed by atoms with E-state index in [-0.39, 0.29) is 10.8 Å². The first-order valence-corrected chi connectivity index (χ1v) is 12.8. The number of likely N-dealkylation sites (tertiary alicyclic amines) is 1. The summed E-state index contributed by atoms with van der Waals surface area (Å²) in [4.78, 5) is 17.6. The number of amidine groups is 1. The molecule has 1 N–H and O–H groups in total. The molecule has 3 heterocycles. The molecule has 2 aromatic carbocycles. The molecule has 2 fully saturated rings. The van der Waals surface area contributed by atoms with E-state index in [0.29, 0.717) is 30.9 Å². The van der Waals surface area contributed by atoms with Crippen LogP contribution in [0.2, 0.25) is 0 Å². The average Bonchev–Trinajstić information content (AvgIpc) is 3.42. The number of nitrogens with zero attached hydrogens (tertiary/aromatic N) is 3. The normalized spacial score (nSPS) is 22.1. The lowest BCUT2D eigenvalue weighted by Crippen LogP contribution is -2.45. The third-order valence-corrected chi connectivity index (χ3v) is 7.83. The Balaban J connectivity index is 1.28. The summed E-state index contributed by atoms with van der Waals surface area (Å²) in [6.07, 6.45) is 1.48. The van der Waals surface area contributed by atoms with Gasteiger partial charge in [-0.2, -0.15) is 8.42 Å². The third-order valence-electron chi connectivity index (χ3n) is 6.51. The summed E-state index contributed by atoms with van der Waals surface area (Å²) in [6, 6.07) is 14.5. The fourth-order valence-corrected chi connectivity index (χ4v) is 5.99. The number of ether oxygens (including phenoxy) is 1. The van der Waals surface area contributed by atoms with Gasteiger partial charge < -0.3 is 15.0 Å². The first kappa shape index (κ1) is 22.1. The highest BCUT2D eigenvalue weighted by Gasteiger charge is 2.39. The molecule has 174 valence electrons. The third kappa shape index (κ3) is 4.53. The van der Waals surface area contributed by atoms with Gasteiger partial charge in [-0.25, -0.2) is 0 Å². The van der Waals surface area contributed by atoms with E-state index in [4.69, 9.17) is 4.74 Å². The maximum absolute atomic E-state index is 13.2. The van der Waals surface area contributed by atoms with E-state index in [9.17, 15) is 13.2 Å². The van der Waals surface area contributed by atoms with E-state index in [1.807, 2.05) is 23.1 Å². The molecule has 0 radical (unpaired) electrons. The van der Waals surface area contributed by atoms with Crippen molar-refractivity contribution in [1.29, 1.82) is 0 Å². The van der Waals surface area contributed by atoms with Crippen molar-refractivity contribution in [3.8, 4) is 0 Å². The van der Waals surface area contributed by atoms with E-state index >= 15 is 0 Å². The van der Waals surface area contributed by atoms with Crippen LogP contribution in [0.25, 0.3) is 0 Å². The Bertz CT molecular complexity index is 1170. The van der Waals surface area contributed by atoms with Crippen molar-refractivity contribution in [2.75, 3.05) is 32.8 Å². The summed E-state index contributed by atoms with van der Waals surface area (Å²) >= 11 is 0. The Morgan fingerprint density at radius 2 is 1.76 bits per heavy atom. The Hall–Kier alpha value is -2.75. The number of carbonyl (C=O) groups excluding carboxylic acids is 1. The van der Waals surface area contributed by atoms with Gasteiger partial charge in [-0.15, -0.1) is 4.40 Å². The minimum Gasteiger partial charge on any atom is -0.379 e. The molecule has 5 rings (SSSR count). The molecule has 1 amide bonds. The minimum atomic E-state index is -3.72. The molecule has 1 atom stereocenters. The molecule has 0 saturated carbocycles. The second kappa shape index (κ2) is 9.24. The SMILES string of the molecule is O=C(NCc1ccccc1CN1CCOCC1)[C@H]1CCCN1C1=NS(=O)(=O)c2ccccc21. The van der Waals surface area contributed by atoms with Crippen LogP contribution in [0.15, 0.2) is 57.8 Å². The number of hydrogen-bond acceptors (Lipinski definition) is 6. The predicted molar refractivity (Wildman–Crippen MR) is 124 cm³/mol. The highest BCUT2D eigenvalue weighted by atomic mass is 32.2. The number of amides is 1. The number of fused-ring (bicyclic) bond motifs is 1. The fourth-order valence-electron chi connectivity index (χ4n) is 4.77. The molecule has 0 bridgehead atoms. The fraction of sp³-hybridized carbons (Fsp3) is 0.417. The molecule has 9 heteroatoms. The standard InChI is InChI=1S/C24H28N4O4S/c29-24(25-16-18-6-1-2-7-19(18)17-27-12-14-32-15-13-27)21-9-5-11-28(21)23-20-8-3-4-10-22(20)33(30,31)26-23/h1-4,6-8,10,21H,5,9,11-17H2,(H,25,29)/t21-/m1/s1. The lowest BCUT2D eigenvalue weighted by atomic mass is 10.1. The van der Waals surface area contributed by atoms with Gasteiger partial charge in [-0.05, 0) is 36.1 Å². The van der Waals surface area contributed by atoms with Gasteiger partial charge in [-0.1, -0.05) is 36.4 Å². The molecular formula is C24H28N4O4S. The second-order valence-corrected chi connectivity index (χ2v) is 10.2. The van der Waals surface area contributed by atoms with Crippen molar-refractivity contribution in [1.82, 2.24) is 15.1 Å². The van der Waals surface area contributed by atoms with E-state index in [2.05, 4.69) is 20.7 Å². The molecule has 3 aliphatic rings. The van der Waals surface area contributed by atoms with Crippen LogP contribution < -0.4 is 5.32 Å². The van der Waals surface area contributed by atoms with E-state index in [0.717, 1.165) is 44.8 Å². The van der Waals surface area contributed by atoms with Crippen LogP contribution in [-0.4, -0.2) is 68.9 Å². The van der Waals surface area contributed by atoms with Gasteiger partial charge in [0.2, 0.25) is 5.91 Å². The largest absolute Gasteiger partial charge is 0.379 e. The molecule has 0 unspecified atom stereocenters. The van der Waals surface area contributed by atoms with Gasteiger partial charge in [0, 0.05) is 38.3 Å². The van der Waals surface area contributed by atoms with Crippen molar-refractivity contribution in [2.24, 2.45) is 4.40 Å². The zero-order valence-electron chi connectivity index (χ0n) is 18.4. The Kier molecular flexibility index (Phi) is 6.18. The minimum absolute atomic E-state index is 0.0989. The van der Waals surface area contributed by atoms with Crippen molar-refractivity contribution in [2.45, 2.75) is 36.9 Å². The number of rotatable bonds is 5. The van der Waals surface area contributed by atoms with Gasteiger partial charge >= 0.3 is 0 Å². The van der Waals surface area contributed by atoms with Gasteiger partial charge in [0.1, 0.15) is 10.9 Å². The average molecular weight is 469 g/mol. The Labute approximate surface area is 194 Å². The molecule has 0 aliphatic carbocycles. The molecule has 0 aromatic heterocycles. The van der Waals surface area contributed by atoms with E-state index in [1.165, 1.54) is 5.56 Å². The van der Waals surface area contributed by atoms with Gasteiger partial charge in [-0.3, -0.25) is 9.69 Å². The molecule has 33 heavy (non-hydrogen) atoms. The highest BCUT2D eigenvalue weighted by Crippen LogP contribution is 2.31. The number of carbonyl (C=O) groups is 1. The van der Waals surface area contributed by atoms with Crippen LogP contribution in [0.3, 0.4) is 0 Å². The van der Waals surface area contributed by atoms with E-state index in [1.54, 1.807) is 24.3 Å². The van der Waals surface area contributed by atoms with Crippen molar-refractivity contribution in [3.63, 3.8) is 0 Å². The number of morpholine rings is 1. The molecule has 2 aromatic rings. The lowest BCUT2D eigenvalue weighted by Gasteiger charge is -2.28. The topological polar surface area (TPSA) is 91.3 Å². The zero-order chi connectivity index (χ0) is 22.8. The number of hydrogen-bond donors (Lipinski definition) is 1. The molecule has 3 aliphatic heterocycles. The summed E-state index contributed by atoms with van der Waals surface area (Å²) in [5.41, 5.74) is 2.87. The van der Waals surface area contributed by atoms with Crippen LogP contribution in [0.4, 0.5) is 0 Å². The van der Waals surface area contributed by atoms with Gasteiger partial charge in [0.25, 0.3) is 10.0 Å². The molecule has 0 spiro atoms. The van der Waals surface area contributed by atoms with Crippen LogP contribution in [0.5, 0.6) is 0 Å². The first-order chi connectivity index (χ1) is 16.0. The smallest absolute Gasteiger partial charge is 0.285 e. The van der Waals surface area contributed by atoms with Crippen LogP contribution in [0, 0.1) is 0 Å². The number of benzene rings is 2. The van der Waals surface area contributed by atoms with Crippen molar-refractivity contribution in [3.05, 3.63) is 65.2 Å². The van der Waals surface area contributed by atoms with Crippen LogP contribution in [0.1, 0.15) is 29.5 Å². The molecular weight excluding hydrogens is 440 g/mol. The quantitative estimate of drug-likeness (QED) is 0.719. The summed E-state index contributed by atoms with van der Waals surface area (Å²) in [5.74, 6) is 0.286. The summed E-state index contributed by atoms with van der Waals surface area (Å²) < 4.78 is 34.4. The Morgan fingerprint density at radius 1 is 1.03 bits per heavy atom. The highest BCUT2D eigenvalue weighted by molar-refractivity contribution is 7.90. The first-order valence-electron chi connectivity index (χ1n) is 11.4. The summed E-state index contributed by atoms with van der Waals surface area (Å²) in [6.45, 7) is 5.18. The molecule has 2 saturated heterocycles. The van der Waals surface area contributed by atoms with Gasteiger partial charge in [0.05, 0.1) is 13.2 Å². The van der Waals surface area contributed by atoms with Crippen molar-refractivity contribution >= 4 is 21.8 Å². The van der Waals surface area contributed by atoms with Crippen molar-refractivity contribution < 1.29 is 17.9 Å². The summed E-state index contributed by atoms with van der Waals surface area (Å²) in [5, 5.41) is 3.09. The number of sulfonamides is 1. The summed E-state index contributed by atoms with van der Waals surface area (Å²) in [7, 11) is -3.72. The van der Waals surface area contributed by atoms with Crippen LogP contribution >= 0.6 is 0 Å². The monoisotopic (exact) mass is 468 g/mol. The maximum Gasteiger partial charge on any atom is 0.285 e. The van der Waals surface area contributed by atoms with E-state index < -0.39 is 16.1 Å². The predicted octanol–water partition coefficient (Wildman–Crippen LogP) is 1.75. The second-order valence-electron chi connectivity index (χ2n) is 8.61. The lowest BCUT2D eigenvalue weighted by molar-refractivity contribution is -0.124.